The van der Waals surface area contributed by atoms with Crippen molar-refractivity contribution in [3.63, 3.8) is 0 Å². The van der Waals surface area contributed by atoms with E-state index in [9.17, 15) is 9.59 Å². The summed E-state index contributed by atoms with van der Waals surface area (Å²) in [7, 11) is 0. The average Bonchev–Trinajstić information content (AvgIpc) is 2.79. The van der Waals surface area contributed by atoms with Crippen molar-refractivity contribution in [1.29, 1.82) is 0 Å². The second-order valence-corrected chi connectivity index (χ2v) is 5.31. The zero-order chi connectivity index (χ0) is 14.8. The van der Waals surface area contributed by atoms with E-state index in [1.54, 1.807) is 0 Å². The van der Waals surface area contributed by atoms with Crippen molar-refractivity contribution in [2.45, 2.75) is 25.3 Å². The summed E-state index contributed by atoms with van der Waals surface area (Å²) in [5, 5.41) is 14.0. The molecule has 0 aliphatic carbocycles. The number of rotatable bonds is 4. The first-order valence-corrected chi connectivity index (χ1v) is 6.41. The number of amides is 2. The number of carboxylic acid groups (broad SMARTS) is 1. The predicted octanol–water partition coefficient (Wildman–Crippen LogP) is 1.33. The molecule has 0 radical (unpaired) electrons. The first-order chi connectivity index (χ1) is 9.40. The van der Waals surface area contributed by atoms with Crippen LogP contribution in [0.3, 0.4) is 0 Å². The number of carbonyl (C=O) groups is 2. The number of urea groups is 1. The van der Waals surface area contributed by atoms with Gasteiger partial charge in [-0.3, -0.25) is 0 Å². The van der Waals surface area contributed by atoms with Crippen molar-refractivity contribution in [2.75, 3.05) is 13.2 Å². The predicted molar refractivity (Wildman–Crippen MR) is 72.9 cm³/mol. The highest BCUT2D eigenvalue weighted by Gasteiger charge is 2.30. The van der Waals surface area contributed by atoms with Crippen LogP contribution >= 0.6 is 0 Å². The third-order valence-corrected chi connectivity index (χ3v) is 3.27. The second-order valence-electron chi connectivity index (χ2n) is 5.31. The smallest absolute Gasteiger partial charge is 0.328 e. The van der Waals surface area contributed by atoms with Gasteiger partial charge in [0, 0.05) is 18.0 Å². The number of nitrogens with one attached hydrogen (secondary N) is 2. The number of benzene rings is 1. The number of aliphatic carboxylic acids is 1. The number of hydrogen-bond donors (Lipinski definition) is 3. The van der Waals surface area contributed by atoms with Gasteiger partial charge in [-0.15, -0.1) is 0 Å². The van der Waals surface area contributed by atoms with Crippen molar-refractivity contribution < 1.29 is 19.4 Å². The Bertz CT molecular complexity index is 528. The Balaban J connectivity index is 1.88. The molecular formula is C14H18N2O4. The summed E-state index contributed by atoms with van der Waals surface area (Å²) in [4.78, 5) is 22.6. The lowest BCUT2D eigenvalue weighted by Gasteiger charge is -2.21. The zero-order valence-electron chi connectivity index (χ0n) is 11.5. The highest BCUT2D eigenvalue weighted by molar-refractivity contribution is 5.85. The van der Waals surface area contributed by atoms with Crippen LogP contribution in [0.1, 0.15) is 25.3 Å². The lowest BCUT2D eigenvalue weighted by atomic mass is 10.0. The first-order valence-electron chi connectivity index (χ1n) is 6.41. The van der Waals surface area contributed by atoms with Crippen LogP contribution in [-0.2, 0) is 4.79 Å². The first kappa shape index (κ1) is 14.2. The van der Waals surface area contributed by atoms with Gasteiger partial charge >= 0.3 is 12.0 Å². The molecule has 0 bridgehead atoms. The van der Waals surface area contributed by atoms with E-state index >= 15 is 0 Å². The van der Waals surface area contributed by atoms with Gasteiger partial charge in [0.2, 0.25) is 0 Å². The highest BCUT2D eigenvalue weighted by Crippen LogP contribution is 2.32. The van der Waals surface area contributed by atoms with Crippen LogP contribution in [0.25, 0.3) is 0 Å². The molecule has 2 rings (SSSR count). The standard InChI is InChI=1S/C14H18N2O4/c1-14(2,12(17)18)16-13(19)15-7-9-8-20-11-6-4-3-5-10(9)11/h3-6,9H,7-8H2,1-2H3,(H,17,18)(H2,15,16,19). The summed E-state index contributed by atoms with van der Waals surface area (Å²) in [5.74, 6) is -0.155. The van der Waals surface area contributed by atoms with Crippen molar-refractivity contribution in [3.05, 3.63) is 29.8 Å². The molecule has 6 nitrogen and oxygen atoms in total. The molecule has 1 atom stereocenters. The highest BCUT2D eigenvalue weighted by atomic mass is 16.5. The van der Waals surface area contributed by atoms with Crippen molar-refractivity contribution >= 4 is 12.0 Å². The molecule has 2 amide bonds. The molecule has 20 heavy (non-hydrogen) atoms. The number of ether oxygens (including phenoxy) is 1. The molecule has 6 heteroatoms. The number of hydrogen-bond acceptors (Lipinski definition) is 3. The molecule has 108 valence electrons. The molecule has 1 aliphatic heterocycles. The van der Waals surface area contributed by atoms with Gasteiger partial charge in [-0.1, -0.05) is 18.2 Å². The molecule has 0 aromatic heterocycles. The molecule has 1 aromatic carbocycles. The van der Waals surface area contributed by atoms with E-state index in [-0.39, 0.29) is 5.92 Å². The summed E-state index contributed by atoms with van der Waals surface area (Å²) < 4.78 is 5.52. The Morgan fingerprint density at radius 3 is 2.80 bits per heavy atom. The molecule has 0 spiro atoms. The van der Waals surface area contributed by atoms with Crippen LogP contribution in [0.5, 0.6) is 5.75 Å². The van der Waals surface area contributed by atoms with E-state index in [2.05, 4.69) is 10.6 Å². The maximum absolute atomic E-state index is 11.7. The van der Waals surface area contributed by atoms with Gasteiger partial charge in [0.25, 0.3) is 0 Å². The Kier molecular flexibility index (Phi) is 3.83. The van der Waals surface area contributed by atoms with E-state index < -0.39 is 17.5 Å². The monoisotopic (exact) mass is 278 g/mol. The molecule has 1 unspecified atom stereocenters. The Hall–Kier alpha value is -2.24. The van der Waals surface area contributed by atoms with Crippen LogP contribution in [0.2, 0.25) is 0 Å². The van der Waals surface area contributed by atoms with Crippen molar-refractivity contribution in [2.24, 2.45) is 0 Å². The Morgan fingerprint density at radius 1 is 1.40 bits per heavy atom. The molecule has 1 aromatic rings. The maximum atomic E-state index is 11.7. The van der Waals surface area contributed by atoms with Crippen LogP contribution in [0.4, 0.5) is 4.79 Å². The molecule has 0 fully saturated rings. The van der Waals surface area contributed by atoms with E-state index in [4.69, 9.17) is 9.84 Å². The van der Waals surface area contributed by atoms with E-state index in [1.807, 2.05) is 24.3 Å². The second kappa shape index (κ2) is 5.40. The lowest BCUT2D eigenvalue weighted by molar-refractivity contribution is -0.142. The van der Waals surface area contributed by atoms with Crippen LogP contribution < -0.4 is 15.4 Å². The van der Waals surface area contributed by atoms with Crippen molar-refractivity contribution in [1.82, 2.24) is 10.6 Å². The maximum Gasteiger partial charge on any atom is 0.328 e. The van der Waals surface area contributed by atoms with Crippen molar-refractivity contribution in [3.8, 4) is 5.75 Å². The van der Waals surface area contributed by atoms with E-state index in [0.717, 1.165) is 11.3 Å². The van der Waals surface area contributed by atoms with Gasteiger partial charge in [-0.25, -0.2) is 9.59 Å². The fourth-order valence-electron chi connectivity index (χ4n) is 2.00. The normalized spacial score (nSPS) is 17.0. The summed E-state index contributed by atoms with van der Waals surface area (Å²) in [6.07, 6.45) is 0. The number of fused-ring (bicyclic) bond motifs is 1. The van der Waals surface area contributed by atoms with Gasteiger partial charge < -0.3 is 20.5 Å². The van der Waals surface area contributed by atoms with Gasteiger partial charge in [0.1, 0.15) is 11.3 Å². The summed E-state index contributed by atoms with van der Waals surface area (Å²) in [5.41, 5.74) is -0.237. The van der Waals surface area contributed by atoms with Gasteiger partial charge in [0.05, 0.1) is 6.61 Å². The molecule has 1 heterocycles. The molecule has 3 N–H and O–H groups in total. The Morgan fingerprint density at radius 2 is 2.10 bits per heavy atom. The number of para-hydroxylation sites is 1. The van der Waals surface area contributed by atoms with Gasteiger partial charge in [0.15, 0.2) is 0 Å². The summed E-state index contributed by atoms with van der Waals surface area (Å²) in [6.45, 7) is 3.78. The topological polar surface area (TPSA) is 87.7 Å². The largest absolute Gasteiger partial charge is 0.493 e. The third kappa shape index (κ3) is 3.01. The summed E-state index contributed by atoms with van der Waals surface area (Å²) in [6, 6.07) is 7.18. The fourth-order valence-corrected chi connectivity index (χ4v) is 2.00. The number of carboxylic acids is 1. The minimum absolute atomic E-state index is 0.0879. The quantitative estimate of drug-likeness (QED) is 0.775. The SMILES string of the molecule is CC(C)(NC(=O)NCC1COc2ccccc21)C(=O)O. The molecule has 0 saturated heterocycles. The van der Waals surface area contributed by atoms with E-state index in [0.29, 0.717) is 13.2 Å². The van der Waals surface area contributed by atoms with Gasteiger partial charge in [-0.05, 0) is 19.9 Å². The lowest BCUT2D eigenvalue weighted by Crippen LogP contribution is -2.53. The third-order valence-electron chi connectivity index (χ3n) is 3.27. The minimum atomic E-state index is -1.30. The fraction of sp³-hybridized carbons (Fsp3) is 0.429. The van der Waals surface area contributed by atoms with Crippen LogP contribution in [0, 0.1) is 0 Å². The van der Waals surface area contributed by atoms with Crippen LogP contribution in [-0.4, -0.2) is 35.8 Å². The minimum Gasteiger partial charge on any atom is -0.493 e. The Labute approximate surface area is 117 Å². The molecule has 1 aliphatic rings. The van der Waals surface area contributed by atoms with Gasteiger partial charge in [-0.2, -0.15) is 0 Å². The molecule has 0 saturated carbocycles. The average molecular weight is 278 g/mol. The van der Waals surface area contributed by atoms with Crippen LogP contribution in [0.15, 0.2) is 24.3 Å². The number of carbonyl (C=O) groups excluding carboxylic acids is 1. The van der Waals surface area contributed by atoms with E-state index in [1.165, 1.54) is 13.8 Å². The molecular weight excluding hydrogens is 260 g/mol. The summed E-state index contributed by atoms with van der Waals surface area (Å²) >= 11 is 0. The zero-order valence-corrected chi connectivity index (χ0v) is 11.5.